The lowest BCUT2D eigenvalue weighted by Gasteiger charge is -2.24. The van der Waals surface area contributed by atoms with Gasteiger partial charge in [0.25, 0.3) is 0 Å². The molecule has 1 atom stereocenters. The van der Waals surface area contributed by atoms with Crippen molar-refractivity contribution < 1.29 is 24.5 Å². The number of aliphatic hydroxyl groups is 1. The van der Waals surface area contributed by atoms with Crippen LogP contribution < -0.4 is 9.47 Å². The molecule has 1 aliphatic heterocycles. The van der Waals surface area contributed by atoms with E-state index in [4.69, 9.17) is 9.47 Å². The molecule has 1 unspecified atom stereocenters. The van der Waals surface area contributed by atoms with Gasteiger partial charge in [0, 0.05) is 18.6 Å². The van der Waals surface area contributed by atoms with Crippen LogP contribution in [0, 0.1) is 5.41 Å². The van der Waals surface area contributed by atoms with Gasteiger partial charge in [0.15, 0.2) is 0 Å². The van der Waals surface area contributed by atoms with Crippen LogP contribution in [0.15, 0.2) is 12.1 Å². The largest absolute Gasteiger partial charge is 0.507 e. The number of hydrogen-bond donors (Lipinski definition) is 2. The first-order valence-corrected chi connectivity index (χ1v) is 6.19. The molecule has 0 radical (unpaired) electrons. The molecule has 0 saturated carbocycles. The molecule has 0 aliphatic carbocycles. The molecule has 1 aromatic carbocycles. The van der Waals surface area contributed by atoms with E-state index in [-0.39, 0.29) is 23.9 Å². The molecule has 0 bridgehead atoms. The van der Waals surface area contributed by atoms with Crippen molar-refractivity contribution in [3.8, 4) is 17.2 Å². The third kappa shape index (κ3) is 3.35. The third-order valence-corrected chi connectivity index (χ3v) is 2.90. The number of benzene rings is 1. The molecular formula is C14H19ClO5. The van der Waals surface area contributed by atoms with Crippen molar-refractivity contribution in [2.75, 3.05) is 6.61 Å². The fourth-order valence-electron chi connectivity index (χ4n) is 1.79. The Labute approximate surface area is 123 Å². The van der Waals surface area contributed by atoms with Gasteiger partial charge in [0.05, 0.1) is 23.7 Å². The molecule has 2 rings (SSSR count). The summed E-state index contributed by atoms with van der Waals surface area (Å²) in [4.78, 5) is 11.8. The Balaban J connectivity index is 0.00000200. The lowest BCUT2D eigenvalue weighted by Crippen LogP contribution is -2.25. The summed E-state index contributed by atoms with van der Waals surface area (Å²) in [6.45, 7) is 5.60. The van der Waals surface area contributed by atoms with Crippen molar-refractivity contribution >= 4 is 18.4 Å². The van der Waals surface area contributed by atoms with Crippen molar-refractivity contribution in [3.05, 3.63) is 17.7 Å². The number of phenolic OH excluding ortho intramolecular Hbond substituents is 1. The summed E-state index contributed by atoms with van der Waals surface area (Å²) in [5.41, 5.74) is -0.284. The quantitative estimate of drug-likeness (QED) is 0.616. The molecule has 20 heavy (non-hydrogen) atoms. The van der Waals surface area contributed by atoms with E-state index in [1.165, 1.54) is 12.1 Å². The Kier molecular flexibility index (Phi) is 4.89. The number of rotatable bonds is 1. The third-order valence-electron chi connectivity index (χ3n) is 2.90. The van der Waals surface area contributed by atoms with Gasteiger partial charge in [-0.1, -0.05) is 0 Å². The first-order valence-electron chi connectivity index (χ1n) is 6.19. The minimum absolute atomic E-state index is 0. The zero-order valence-electron chi connectivity index (χ0n) is 11.7. The SMILES string of the molecule is CC(C)(C)C(=O)Oc1cc(O)c2c(c1)OCCC2O.Cl. The molecule has 0 fully saturated rings. The summed E-state index contributed by atoms with van der Waals surface area (Å²) in [5, 5.41) is 19.7. The highest BCUT2D eigenvalue weighted by Crippen LogP contribution is 2.41. The monoisotopic (exact) mass is 302 g/mol. The van der Waals surface area contributed by atoms with Gasteiger partial charge in [-0.3, -0.25) is 4.79 Å². The summed E-state index contributed by atoms with van der Waals surface area (Å²) in [7, 11) is 0. The summed E-state index contributed by atoms with van der Waals surface area (Å²) >= 11 is 0. The Morgan fingerprint density at radius 1 is 1.40 bits per heavy atom. The first kappa shape index (κ1) is 16.6. The summed E-state index contributed by atoms with van der Waals surface area (Å²) < 4.78 is 10.6. The van der Waals surface area contributed by atoms with Crippen LogP contribution in [0.25, 0.3) is 0 Å². The minimum Gasteiger partial charge on any atom is -0.507 e. The highest BCUT2D eigenvalue weighted by atomic mass is 35.5. The second kappa shape index (κ2) is 5.89. The standard InChI is InChI=1S/C14H18O5.ClH/c1-14(2,3)13(17)19-8-6-10(16)12-9(15)4-5-18-11(12)7-8;/h6-7,9,15-16H,4-5H2,1-3H3;1H. The van der Waals surface area contributed by atoms with Crippen molar-refractivity contribution in [1.82, 2.24) is 0 Å². The molecule has 1 heterocycles. The second-order valence-electron chi connectivity index (χ2n) is 5.65. The van der Waals surface area contributed by atoms with Gasteiger partial charge in [-0.05, 0) is 20.8 Å². The van der Waals surface area contributed by atoms with Crippen LogP contribution in [0.2, 0.25) is 0 Å². The molecule has 6 heteroatoms. The molecule has 0 saturated heterocycles. The summed E-state index contributed by atoms with van der Waals surface area (Å²) in [6, 6.07) is 2.83. The summed E-state index contributed by atoms with van der Waals surface area (Å²) in [5.74, 6) is 0.0466. The van der Waals surface area contributed by atoms with Gasteiger partial charge in [0.2, 0.25) is 0 Å². The topological polar surface area (TPSA) is 76.0 Å². The van der Waals surface area contributed by atoms with Crippen molar-refractivity contribution in [2.24, 2.45) is 5.41 Å². The Morgan fingerprint density at radius 3 is 2.65 bits per heavy atom. The fraction of sp³-hybridized carbons (Fsp3) is 0.500. The lowest BCUT2D eigenvalue weighted by atomic mass is 9.97. The van der Waals surface area contributed by atoms with E-state index in [0.29, 0.717) is 24.3 Å². The Bertz CT molecular complexity index is 507. The first-order chi connectivity index (χ1) is 8.79. The molecule has 1 aliphatic rings. The summed E-state index contributed by atoms with van der Waals surface area (Å²) in [6.07, 6.45) is -0.321. The van der Waals surface area contributed by atoms with Gasteiger partial charge in [-0.15, -0.1) is 12.4 Å². The van der Waals surface area contributed by atoms with Crippen LogP contribution in [-0.4, -0.2) is 22.8 Å². The van der Waals surface area contributed by atoms with E-state index in [1.54, 1.807) is 20.8 Å². The molecule has 0 amide bonds. The number of esters is 1. The number of halogens is 1. The number of carbonyl (C=O) groups is 1. The molecule has 112 valence electrons. The maximum Gasteiger partial charge on any atom is 0.316 e. The number of ether oxygens (including phenoxy) is 2. The van der Waals surface area contributed by atoms with Crippen molar-refractivity contribution in [2.45, 2.75) is 33.3 Å². The lowest BCUT2D eigenvalue weighted by molar-refractivity contribution is -0.143. The van der Waals surface area contributed by atoms with Gasteiger partial charge < -0.3 is 19.7 Å². The smallest absolute Gasteiger partial charge is 0.316 e. The number of hydrogen-bond acceptors (Lipinski definition) is 5. The van der Waals surface area contributed by atoms with E-state index in [1.807, 2.05) is 0 Å². The van der Waals surface area contributed by atoms with Crippen molar-refractivity contribution in [1.29, 1.82) is 0 Å². The predicted octanol–water partition coefficient (Wildman–Crippen LogP) is 2.58. The van der Waals surface area contributed by atoms with E-state index < -0.39 is 17.5 Å². The second-order valence-corrected chi connectivity index (χ2v) is 5.65. The zero-order chi connectivity index (χ0) is 14.2. The molecule has 0 aromatic heterocycles. The zero-order valence-corrected chi connectivity index (χ0v) is 12.5. The molecule has 1 aromatic rings. The minimum atomic E-state index is -0.754. The van der Waals surface area contributed by atoms with Crippen LogP contribution in [0.3, 0.4) is 0 Å². The normalized spacial score (nSPS) is 17.5. The van der Waals surface area contributed by atoms with Gasteiger partial charge in [-0.25, -0.2) is 0 Å². The number of fused-ring (bicyclic) bond motifs is 1. The van der Waals surface area contributed by atoms with Crippen LogP contribution in [0.1, 0.15) is 38.9 Å². The van der Waals surface area contributed by atoms with Gasteiger partial charge in [-0.2, -0.15) is 0 Å². The maximum atomic E-state index is 11.8. The highest BCUT2D eigenvalue weighted by molar-refractivity contribution is 5.85. The average Bonchev–Trinajstić information content (AvgIpc) is 2.27. The molecule has 0 spiro atoms. The van der Waals surface area contributed by atoms with E-state index in [2.05, 4.69) is 0 Å². The molecule has 5 nitrogen and oxygen atoms in total. The van der Waals surface area contributed by atoms with Gasteiger partial charge in [0.1, 0.15) is 17.2 Å². The van der Waals surface area contributed by atoms with Gasteiger partial charge >= 0.3 is 5.97 Å². The van der Waals surface area contributed by atoms with E-state index in [0.717, 1.165) is 0 Å². The number of phenols is 1. The van der Waals surface area contributed by atoms with E-state index in [9.17, 15) is 15.0 Å². The van der Waals surface area contributed by atoms with Crippen LogP contribution in [0.4, 0.5) is 0 Å². The Hall–Kier alpha value is -1.46. The number of aromatic hydroxyl groups is 1. The predicted molar refractivity (Wildman–Crippen MR) is 75.5 cm³/mol. The number of aliphatic hydroxyl groups excluding tert-OH is 1. The fourth-order valence-corrected chi connectivity index (χ4v) is 1.79. The van der Waals surface area contributed by atoms with Crippen molar-refractivity contribution in [3.63, 3.8) is 0 Å². The maximum absolute atomic E-state index is 11.8. The van der Waals surface area contributed by atoms with Crippen LogP contribution in [0.5, 0.6) is 17.2 Å². The Morgan fingerprint density at radius 2 is 2.05 bits per heavy atom. The van der Waals surface area contributed by atoms with Crippen LogP contribution >= 0.6 is 12.4 Å². The van der Waals surface area contributed by atoms with Crippen LogP contribution in [-0.2, 0) is 4.79 Å². The average molecular weight is 303 g/mol. The molecular weight excluding hydrogens is 284 g/mol. The molecule has 2 N–H and O–H groups in total. The van der Waals surface area contributed by atoms with E-state index >= 15 is 0 Å². The number of carbonyl (C=O) groups excluding carboxylic acids is 1. The highest BCUT2D eigenvalue weighted by Gasteiger charge is 2.27.